The van der Waals surface area contributed by atoms with E-state index in [4.69, 9.17) is 4.55 Å². The molecule has 12 heteroatoms. The highest BCUT2D eigenvalue weighted by molar-refractivity contribution is 8.03. The van der Waals surface area contributed by atoms with Gasteiger partial charge < -0.3 is 9.45 Å². The van der Waals surface area contributed by atoms with E-state index in [0.29, 0.717) is 19.5 Å². The molecule has 1 saturated heterocycles. The van der Waals surface area contributed by atoms with Crippen molar-refractivity contribution in [2.75, 3.05) is 30.3 Å². The van der Waals surface area contributed by atoms with Crippen molar-refractivity contribution >= 4 is 59.6 Å². The van der Waals surface area contributed by atoms with Gasteiger partial charge in [-0.2, -0.15) is 13.0 Å². The Morgan fingerprint density at radius 1 is 1.17 bits per heavy atom. The Morgan fingerprint density at radius 3 is 2.66 bits per heavy atom. The summed E-state index contributed by atoms with van der Waals surface area (Å²) in [4.78, 5) is 2.09. The minimum absolute atomic E-state index is 0.235. The zero-order valence-corrected chi connectivity index (χ0v) is 18.8. The normalized spacial score (nSPS) is 16.9. The number of para-hydroxylation sites is 1. The van der Waals surface area contributed by atoms with Crippen molar-refractivity contribution in [2.24, 2.45) is 0 Å². The summed E-state index contributed by atoms with van der Waals surface area (Å²) < 4.78 is 66.8. The van der Waals surface area contributed by atoms with E-state index in [1.165, 1.54) is 0 Å². The quantitative estimate of drug-likeness (QED) is 0.428. The van der Waals surface area contributed by atoms with Crippen LogP contribution in [0.5, 0.6) is 0 Å². The van der Waals surface area contributed by atoms with Gasteiger partial charge in [-0.05, 0) is 12.5 Å². The zero-order valence-electron chi connectivity index (χ0n) is 15.6. The summed E-state index contributed by atoms with van der Waals surface area (Å²) in [5, 5.41) is 1.95. The van der Waals surface area contributed by atoms with Gasteiger partial charge in [0.25, 0.3) is 15.1 Å². The Kier molecular flexibility index (Phi) is 7.23. The molecule has 0 bridgehead atoms. The van der Waals surface area contributed by atoms with Gasteiger partial charge >= 0.3 is 0 Å². The van der Waals surface area contributed by atoms with Gasteiger partial charge in [0, 0.05) is 37.1 Å². The maximum absolute atomic E-state index is 11.0. The molecule has 1 fully saturated rings. The molecule has 0 unspecified atom stereocenters. The van der Waals surface area contributed by atoms with Crippen LogP contribution in [0.15, 0.2) is 29.3 Å². The molecule has 0 atom stereocenters. The Hall–Kier alpha value is -1.18. The van der Waals surface area contributed by atoms with E-state index < -0.39 is 26.0 Å². The van der Waals surface area contributed by atoms with Gasteiger partial charge in [0.1, 0.15) is 4.70 Å². The Bertz CT molecular complexity index is 1110. The van der Waals surface area contributed by atoms with E-state index in [9.17, 15) is 21.4 Å². The van der Waals surface area contributed by atoms with Crippen LogP contribution in [0, 0.1) is 0 Å². The lowest BCUT2D eigenvalue weighted by Crippen LogP contribution is -2.36. The summed E-state index contributed by atoms with van der Waals surface area (Å²) in [7, 11) is -8.22. The molecule has 0 saturated carbocycles. The standard InChI is InChI=1S/C17H22N2O6S4/c20-28(21,22)11-3-7-18-9-10-26-16(18)13-17-19(8-4-12-29(23,24)25)14-5-1-2-6-15(14)27-17/h1-2,5-6,13H,3-4,7-12H2,(H-,20,21,22,23,24,25). The van der Waals surface area contributed by atoms with Crippen molar-refractivity contribution in [1.82, 2.24) is 4.90 Å². The van der Waals surface area contributed by atoms with Crippen LogP contribution in [0.25, 0.3) is 16.3 Å². The summed E-state index contributed by atoms with van der Waals surface area (Å²) in [5.41, 5.74) is 0.980. The number of hydrogen-bond donors (Lipinski definition) is 1. The summed E-state index contributed by atoms with van der Waals surface area (Å²) in [5.74, 6) is 0.210. The van der Waals surface area contributed by atoms with E-state index >= 15 is 0 Å². The average molecular weight is 479 g/mol. The molecular weight excluding hydrogens is 456 g/mol. The molecule has 1 N–H and O–H groups in total. The lowest BCUT2D eigenvalue weighted by molar-refractivity contribution is -0.668. The largest absolute Gasteiger partial charge is 0.748 e. The summed E-state index contributed by atoms with van der Waals surface area (Å²) in [6.45, 7) is 1.73. The second kappa shape index (κ2) is 9.31. The third-order valence-electron chi connectivity index (χ3n) is 4.41. The summed E-state index contributed by atoms with van der Waals surface area (Å²) in [6.07, 6.45) is 2.60. The molecule has 0 amide bonds. The lowest BCUT2D eigenvalue weighted by Gasteiger charge is -2.17. The fourth-order valence-electron chi connectivity index (χ4n) is 3.15. The van der Waals surface area contributed by atoms with Crippen LogP contribution < -0.4 is 4.57 Å². The average Bonchev–Trinajstić information content (AvgIpc) is 3.18. The number of nitrogens with zero attached hydrogens (tertiary/aromatic N) is 2. The van der Waals surface area contributed by atoms with Crippen LogP contribution in [0.3, 0.4) is 0 Å². The van der Waals surface area contributed by atoms with Crippen molar-refractivity contribution < 1.29 is 30.5 Å². The molecule has 0 spiro atoms. The van der Waals surface area contributed by atoms with Crippen LogP contribution in [-0.4, -0.2) is 61.2 Å². The summed E-state index contributed by atoms with van der Waals surface area (Å²) in [6, 6.07) is 7.81. The molecule has 160 valence electrons. The number of rotatable bonds is 9. The molecule has 29 heavy (non-hydrogen) atoms. The Balaban J connectivity index is 1.82. The van der Waals surface area contributed by atoms with E-state index in [1.54, 1.807) is 23.1 Å². The van der Waals surface area contributed by atoms with E-state index in [0.717, 1.165) is 32.6 Å². The third kappa shape index (κ3) is 6.66. The molecule has 0 radical (unpaired) electrons. The van der Waals surface area contributed by atoms with E-state index in [1.807, 2.05) is 34.9 Å². The first kappa shape index (κ1) is 22.5. The van der Waals surface area contributed by atoms with Crippen molar-refractivity contribution in [3.05, 3.63) is 34.3 Å². The molecule has 3 rings (SSSR count). The minimum atomic E-state index is -4.25. The number of thioether (sulfide) groups is 1. The number of fused-ring (bicyclic) bond motifs is 1. The molecule has 0 aliphatic carbocycles. The van der Waals surface area contributed by atoms with Crippen LogP contribution in [0.4, 0.5) is 0 Å². The van der Waals surface area contributed by atoms with Crippen LogP contribution >= 0.6 is 23.1 Å². The van der Waals surface area contributed by atoms with Gasteiger partial charge in [-0.3, -0.25) is 4.55 Å². The molecule has 1 aromatic heterocycles. The molecule has 2 heterocycles. The number of aromatic nitrogens is 1. The second-order valence-corrected chi connectivity index (χ2v) is 11.9. The number of thiazole rings is 1. The van der Waals surface area contributed by atoms with Gasteiger partial charge in [0.2, 0.25) is 5.52 Å². The van der Waals surface area contributed by atoms with Crippen molar-refractivity contribution in [3.8, 4) is 0 Å². The van der Waals surface area contributed by atoms with Crippen LogP contribution in [-0.2, 0) is 26.8 Å². The van der Waals surface area contributed by atoms with E-state index in [-0.39, 0.29) is 12.2 Å². The fourth-order valence-corrected chi connectivity index (χ4v) is 6.41. The van der Waals surface area contributed by atoms with Crippen LogP contribution in [0.2, 0.25) is 0 Å². The first-order valence-electron chi connectivity index (χ1n) is 9.02. The molecule has 1 aliphatic rings. The Labute approximate surface area is 178 Å². The van der Waals surface area contributed by atoms with Crippen molar-refractivity contribution in [1.29, 1.82) is 0 Å². The third-order valence-corrected chi connectivity index (χ3v) is 8.18. The monoisotopic (exact) mass is 478 g/mol. The number of aryl methyl sites for hydroxylation is 1. The van der Waals surface area contributed by atoms with E-state index in [2.05, 4.69) is 4.90 Å². The molecule has 1 aliphatic heterocycles. The summed E-state index contributed by atoms with van der Waals surface area (Å²) >= 11 is 3.25. The van der Waals surface area contributed by atoms with Crippen molar-refractivity contribution in [3.63, 3.8) is 0 Å². The fraction of sp³-hybridized carbons (Fsp3) is 0.471. The highest BCUT2D eigenvalue weighted by atomic mass is 32.2. The lowest BCUT2D eigenvalue weighted by atomic mass is 10.3. The number of benzene rings is 1. The molecular formula is C17H22N2O6S4. The maximum Gasteiger partial charge on any atom is 0.265 e. The smallest absolute Gasteiger partial charge is 0.265 e. The second-order valence-electron chi connectivity index (χ2n) is 6.63. The van der Waals surface area contributed by atoms with Gasteiger partial charge in [-0.25, -0.2) is 8.42 Å². The minimum Gasteiger partial charge on any atom is -0.748 e. The first-order chi connectivity index (χ1) is 13.6. The zero-order chi connectivity index (χ0) is 21.1. The highest BCUT2D eigenvalue weighted by Gasteiger charge is 2.23. The highest BCUT2D eigenvalue weighted by Crippen LogP contribution is 2.31. The van der Waals surface area contributed by atoms with Gasteiger partial charge in [0.15, 0.2) is 6.54 Å². The van der Waals surface area contributed by atoms with Gasteiger partial charge in [-0.15, -0.1) is 11.8 Å². The Morgan fingerprint density at radius 2 is 1.93 bits per heavy atom. The predicted molar refractivity (Wildman–Crippen MR) is 114 cm³/mol. The maximum atomic E-state index is 11.0. The number of hydrogen-bond acceptors (Lipinski definition) is 8. The van der Waals surface area contributed by atoms with Crippen LogP contribution in [0.1, 0.15) is 17.8 Å². The predicted octanol–water partition coefficient (Wildman–Crippen LogP) is 1.75. The SMILES string of the molecule is O=S(=O)([O-])CCC[n+]1c(C=C2SCCN2CCCS(=O)(=O)O)sc2ccccc21. The molecule has 2 aromatic rings. The molecule has 1 aromatic carbocycles. The topological polar surface area (TPSA) is 119 Å². The first-order valence-corrected chi connectivity index (χ1v) is 14.0. The molecule has 8 nitrogen and oxygen atoms in total. The van der Waals surface area contributed by atoms with Gasteiger partial charge in [-0.1, -0.05) is 23.5 Å². The van der Waals surface area contributed by atoms with Crippen molar-refractivity contribution in [2.45, 2.75) is 19.4 Å². The van der Waals surface area contributed by atoms with Gasteiger partial charge in [0.05, 0.1) is 27.0 Å².